The second-order valence-corrected chi connectivity index (χ2v) is 4.58. The molecule has 0 spiro atoms. The molecular formula is C10H11IO2. The summed E-state index contributed by atoms with van der Waals surface area (Å²) < 4.78 is 1.18. The van der Waals surface area contributed by atoms with Crippen molar-refractivity contribution in [2.75, 3.05) is 0 Å². The van der Waals surface area contributed by atoms with Crippen molar-refractivity contribution in [3.8, 4) is 0 Å². The van der Waals surface area contributed by atoms with E-state index in [2.05, 4.69) is 22.6 Å². The van der Waals surface area contributed by atoms with Crippen LogP contribution in [0.4, 0.5) is 0 Å². The molecule has 1 aromatic rings. The van der Waals surface area contributed by atoms with Gasteiger partial charge in [0.1, 0.15) is 0 Å². The van der Waals surface area contributed by atoms with Gasteiger partial charge in [-0.15, -0.1) is 0 Å². The molecule has 1 aliphatic rings. The molecule has 2 atom stereocenters. The molecule has 70 valence electrons. The lowest BCUT2D eigenvalue weighted by molar-refractivity contribution is 0.0140. The summed E-state index contributed by atoms with van der Waals surface area (Å²) in [5.74, 6) is 0. The molecule has 13 heavy (non-hydrogen) atoms. The largest absolute Gasteiger partial charge is 0.390 e. The summed E-state index contributed by atoms with van der Waals surface area (Å²) in [6.45, 7) is 0. The first kappa shape index (κ1) is 9.43. The van der Waals surface area contributed by atoms with E-state index in [9.17, 15) is 10.2 Å². The van der Waals surface area contributed by atoms with E-state index in [0.29, 0.717) is 12.8 Å². The van der Waals surface area contributed by atoms with Crippen LogP contribution in [0, 0.1) is 3.57 Å². The van der Waals surface area contributed by atoms with Crippen molar-refractivity contribution in [2.24, 2.45) is 0 Å². The lowest BCUT2D eigenvalue weighted by Crippen LogP contribution is -2.34. The van der Waals surface area contributed by atoms with Crippen LogP contribution < -0.4 is 0 Å². The van der Waals surface area contributed by atoms with Crippen LogP contribution in [0.2, 0.25) is 0 Å². The summed E-state index contributed by atoms with van der Waals surface area (Å²) in [6, 6.07) is 6.04. The van der Waals surface area contributed by atoms with Gasteiger partial charge in [-0.3, -0.25) is 0 Å². The van der Waals surface area contributed by atoms with Crippen LogP contribution >= 0.6 is 22.6 Å². The summed E-state index contributed by atoms with van der Waals surface area (Å²) in [5, 5.41) is 19.0. The highest BCUT2D eigenvalue weighted by atomic mass is 127. The van der Waals surface area contributed by atoms with Crippen LogP contribution in [0.5, 0.6) is 0 Å². The minimum absolute atomic E-state index is 0.577. The topological polar surface area (TPSA) is 40.5 Å². The van der Waals surface area contributed by atoms with Gasteiger partial charge < -0.3 is 10.2 Å². The van der Waals surface area contributed by atoms with E-state index in [4.69, 9.17) is 0 Å². The van der Waals surface area contributed by atoms with Gasteiger partial charge in [0, 0.05) is 16.4 Å². The molecule has 0 heterocycles. The third-order valence-corrected chi connectivity index (χ3v) is 3.51. The Labute approximate surface area is 90.7 Å². The smallest absolute Gasteiger partial charge is 0.0843 e. The molecule has 0 saturated heterocycles. The second-order valence-electron chi connectivity index (χ2n) is 3.42. The van der Waals surface area contributed by atoms with E-state index < -0.39 is 12.2 Å². The second kappa shape index (κ2) is 3.55. The van der Waals surface area contributed by atoms with Gasteiger partial charge >= 0.3 is 0 Å². The maximum atomic E-state index is 9.50. The van der Waals surface area contributed by atoms with Crippen LogP contribution in [-0.2, 0) is 12.8 Å². The first-order valence-electron chi connectivity index (χ1n) is 4.31. The normalized spacial score (nSPS) is 27.0. The molecule has 2 nitrogen and oxygen atoms in total. The molecule has 1 aliphatic carbocycles. The van der Waals surface area contributed by atoms with Crippen LogP contribution in [0.15, 0.2) is 18.2 Å². The van der Waals surface area contributed by atoms with E-state index in [0.717, 1.165) is 0 Å². The number of aliphatic hydroxyl groups excluding tert-OH is 2. The summed E-state index contributed by atoms with van der Waals surface area (Å²) >= 11 is 2.27. The minimum Gasteiger partial charge on any atom is -0.390 e. The molecule has 0 amide bonds. The number of halogens is 1. The quantitative estimate of drug-likeness (QED) is 0.703. The highest BCUT2D eigenvalue weighted by Crippen LogP contribution is 2.25. The Morgan fingerprint density at radius 2 is 1.85 bits per heavy atom. The number of hydrogen-bond donors (Lipinski definition) is 2. The average molecular weight is 290 g/mol. The average Bonchev–Trinajstić information content (AvgIpc) is 2.09. The van der Waals surface area contributed by atoms with Gasteiger partial charge in [0.2, 0.25) is 0 Å². The lowest BCUT2D eigenvalue weighted by Gasteiger charge is -2.26. The molecule has 0 aromatic heterocycles. The summed E-state index contributed by atoms with van der Waals surface area (Å²) in [7, 11) is 0. The van der Waals surface area contributed by atoms with Crippen molar-refractivity contribution >= 4 is 22.6 Å². The molecule has 0 aliphatic heterocycles. The number of fused-ring (bicyclic) bond motifs is 1. The zero-order chi connectivity index (χ0) is 9.42. The summed E-state index contributed by atoms with van der Waals surface area (Å²) in [5.41, 5.74) is 2.37. The van der Waals surface area contributed by atoms with Crippen molar-refractivity contribution < 1.29 is 10.2 Å². The fourth-order valence-corrected chi connectivity index (χ4v) is 2.50. The van der Waals surface area contributed by atoms with Crippen molar-refractivity contribution in [3.05, 3.63) is 32.9 Å². The number of hydrogen-bond acceptors (Lipinski definition) is 2. The Balaban J connectivity index is 2.42. The van der Waals surface area contributed by atoms with Crippen LogP contribution in [-0.4, -0.2) is 22.4 Å². The highest BCUT2D eigenvalue weighted by molar-refractivity contribution is 14.1. The van der Waals surface area contributed by atoms with Crippen LogP contribution in [0.3, 0.4) is 0 Å². The molecule has 0 unspecified atom stereocenters. The van der Waals surface area contributed by atoms with E-state index in [1.54, 1.807) is 0 Å². The summed E-state index contributed by atoms with van der Waals surface area (Å²) in [4.78, 5) is 0. The van der Waals surface area contributed by atoms with E-state index in [-0.39, 0.29) is 0 Å². The Kier molecular flexibility index (Phi) is 2.58. The maximum absolute atomic E-state index is 9.50. The number of aliphatic hydroxyl groups is 2. The molecule has 0 saturated carbocycles. The van der Waals surface area contributed by atoms with Gasteiger partial charge in [-0.1, -0.05) is 12.1 Å². The standard InChI is InChI=1S/C10H11IO2/c11-8-3-1-2-6-4-9(12)10(13)5-7(6)8/h1-3,9-10,12-13H,4-5H2/t9-,10+/m0/s1. The number of rotatable bonds is 0. The van der Waals surface area contributed by atoms with Crippen molar-refractivity contribution in [1.82, 2.24) is 0 Å². The van der Waals surface area contributed by atoms with E-state index in [1.807, 2.05) is 18.2 Å². The van der Waals surface area contributed by atoms with E-state index >= 15 is 0 Å². The lowest BCUT2D eigenvalue weighted by atomic mass is 9.88. The molecule has 2 rings (SSSR count). The maximum Gasteiger partial charge on any atom is 0.0843 e. The third kappa shape index (κ3) is 1.73. The minimum atomic E-state index is -0.594. The van der Waals surface area contributed by atoms with Crippen LogP contribution in [0.25, 0.3) is 0 Å². The molecule has 1 aromatic carbocycles. The first-order valence-corrected chi connectivity index (χ1v) is 5.39. The van der Waals surface area contributed by atoms with Gasteiger partial charge in [0.05, 0.1) is 12.2 Å². The van der Waals surface area contributed by atoms with Gasteiger partial charge in [-0.05, 0) is 39.8 Å². The SMILES string of the molecule is O[C@@H]1Cc2c(I)cccc2C[C@@H]1O. The van der Waals surface area contributed by atoms with Gasteiger partial charge in [-0.25, -0.2) is 0 Å². The van der Waals surface area contributed by atoms with Gasteiger partial charge in [0.15, 0.2) is 0 Å². The molecular weight excluding hydrogens is 279 g/mol. The molecule has 0 fully saturated rings. The van der Waals surface area contributed by atoms with Gasteiger partial charge in [-0.2, -0.15) is 0 Å². The molecule has 2 N–H and O–H groups in total. The van der Waals surface area contributed by atoms with Crippen molar-refractivity contribution in [3.63, 3.8) is 0 Å². The van der Waals surface area contributed by atoms with E-state index in [1.165, 1.54) is 14.7 Å². The summed E-state index contributed by atoms with van der Waals surface area (Å²) in [6.07, 6.45) is -0.0303. The fourth-order valence-electron chi connectivity index (χ4n) is 1.73. The molecule has 0 bridgehead atoms. The van der Waals surface area contributed by atoms with Gasteiger partial charge in [0.25, 0.3) is 0 Å². The zero-order valence-electron chi connectivity index (χ0n) is 7.07. The first-order chi connectivity index (χ1) is 6.18. The number of benzene rings is 1. The van der Waals surface area contributed by atoms with Crippen molar-refractivity contribution in [2.45, 2.75) is 25.0 Å². The molecule has 0 radical (unpaired) electrons. The highest BCUT2D eigenvalue weighted by Gasteiger charge is 2.25. The predicted molar refractivity (Wildman–Crippen MR) is 58.6 cm³/mol. The third-order valence-electron chi connectivity index (χ3n) is 2.50. The Morgan fingerprint density at radius 3 is 2.62 bits per heavy atom. The monoisotopic (exact) mass is 290 g/mol. The van der Waals surface area contributed by atoms with Crippen molar-refractivity contribution in [1.29, 1.82) is 0 Å². The predicted octanol–water partition coefficient (Wildman–Crippen LogP) is 1.11. The Hall–Kier alpha value is -0.130. The van der Waals surface area contributed by atoms with Crippen LogP contribution in [0.1, 0.15) is 11.1 Å². The Morgan fingerprint density at radius 1 is 1.15 bits per heavy atom. The Bertz CT molecular complexity index is 325. The molecule has 3 heteroatoms. The zero-order valence-corrected chi connectivity index (χ0v) is 9.23. The fraction of sp³-hybridized carbons (Fsp3) is 0.400.